The fourth-order valence-electron chi connectivity index (χ4n) is 1.43. The van der Waals surface area contributed by atoms with Crippen molar-refractivity contribution in [2.75, 3.05) is 25.0 Å². The summed E-state index contributed by atoms with van der Waals surface area (Å²) < 4.78 is 0.791. The molecule has 1 aromatic carbocycles. The number of anilines is 1. The largest absolute Gasteiger partial charge is 0.480 e. The minimum absolute atomic E-state index is 0.0597. The molecular weight excluding hydrogens is 300 g/mol. The van der Waals surface area contributed by atoms with Gasteiger partial charge >= 0.3 is 5.97 Å². The molecule has 0 aliphatic heterocycles. The number of carboxylic acids is 1. The smallest absolute Gasteiger partial charge is 0.317 e. The van der Waals surface area contributed by atoms with Crippen molar-refractivity contribution in [3.63, 3.8) is 0 Å². The topological polar surface area (TPSA) is 69.6 Å². The fraction of sp³-hybridized carbons (Fsp3) is 0.333. The third kappa shape index (κ3) is 4.85. The van der Waals surface area contributed by atoms with E-state index in [1.54, 1.807) is 11.0 Å². The van der Waals surface area contributed by atoms with E-state index in [1.165, 1.54) is 0 Å². The SMILES string of the molecule is CCN(CC(=O)O)CC(=O)Nc1ccccc1Br. The second kappa shape index (κ2) is 7.13. The summed E-state index contributed by atoms with van der Waals surface area (Å²) in [5.74, 6) is -1.17. The van der Waals surface area contributed by atoms with Crippen LogP contribution in [0.25, 0.3) is 0 Å². The summed E-state index contributed by atoms with van der Waals surface area (Å²) in [7, 11) is 0. The molecule has 0 fully saturated rings. The molecule has 0 aliphatic carbocycles. The molecule has 18 heavy (non-hydrogen) atoms. The molecule has 0 heterocycles. The lowest BCUT2D eigenvalue weighted by Crippen LogP contribution is -2.36. The molecule has 0 atom stereocenters. The molecule has 2 N–H and O–H groups in total. The lowest BCUT2D eigenvalue weighted by atomic mass is 10.3. The van der Waals surface area contributed by atoms with Crippen LogP contribution in [0.5, 0.6) is 0 Å². The molecule has 0 bridgehead atoms. The predicted octanol–water partition coefficient (Wildman–Crippen LogP) is 1.79. The molecule has 98 valence electrons. The number of para-hydroxylation sites is 1. The molecular formula is C12H15BrN2O3. The van der Waals surface area contributed by atoms with Crippen molar-refractivity contribution in [1.29, 1.82) is 0 Å². The fourth-order valence-corrected chi connectivity index (χ4v) is 1.81. The van der Waals surface area contributed by atoms with Gasteiger partial charge in [0.1, 0.15) is 0 Å². The average Bonchev–Trinajstić information content (AvgIpc) is 2.30. The van der Waals surface area contributed by atoms with E-state index in [2.05, 4.69) is 21.2 Å². The van der Waals surface area contributed by atoms with Crippen LogP contribution in [0.1, 0.15) is 6.92 Å². The zero-order chi connectivity index (χ0) is 13.5. The number of nitrogens with one attached hydrogen (secondary N) is 1. The number of amides is 1. The van der Waals surface area contributed by atoms with Crippen molar-refractivity contribution in [3.8, 4) is 0 Å². The van der Waals surface area contributed by atoms with E-state index < -0.39 is 5.97 Å². The summed E-state index contributed by atoms with van der Waals surface area (Å²) in [4.78, 5) is 23.9. The zero-order valence-corrected chi connectivity index (χ0v) is 11.6. The van der Waals surface area contributed by atoms with E-state index in [0.29, 0.717) is 12.2 Å². The van der Waals surface area contributed by atoms with Gasteiger partial charge in [-0.05, 0) is 34.6 Å². The number of nitrogens with zero attached hydrogens (tertiary/aromatic N) is 1. The molecule has 0 spiro atoms. The first-order valence-electron chi connectivity index (χ1n) is 5.51. The summed E-state index contributed by atoms with van der Waals surface area (Å²) in [6, 6.07) is 7.26. The lowest BCUT2D eigenvalue weighted by molar-refractivity contribution is -0.138. The Morgan fingerprint density at radius 1 is 1.33 bits per heavy atom. The maximum Gasteiger partial charge on any atom is 0.317 e. The van der Waals surface area contributed by atoms with Crippen LogP contribution in [0.15, 0.2) is 28.7 Å². The maximum atomic E-state index is 11.7. The summed E-state index contributed by atoms with van der Waals surface area (Å²) in [5.41, 5.74) is 0.675. The van der Waals surface area contributed by atoms with E-state index in [0.717, 1.165) is 4.47 Å². The molecule has 0 saturated carbocycles. The van der Waals surface area contributed by atoms with Gasteiger partial charge in [0.15, 0.2) is 0 Å². The lowest BCUT2D eigenvalue weighted by Gasteiger charge is -2.17. The molecule has 0 aromatic heterocycles. The maximum absolute atomic E-state index is 11.7. The van der Waals surface area contributed by atoms with Crippen molar-refractivity contribution in [2.24, 2.45) is 0 Å². The Morgan fingerprint density at radius 3 is 2.56 bits per heavy atom. The third-order valence-electron chi connectivity index (χ3n) is 2.32. The minimum atomic E-state index is -0.939. The first-order valence-corrected chi connectivity index (χ1v) is 6.30. The van der Waals surface area contributed by atoms with Gasteiger partial charge in [0, 0.05) is 4.47 Å². The van der Waals surface area contributed by atoms with Crippen LogP contribution in [0.4, 0.5) is 5.69 Å². The van der Waals surface area contributed by atoms with Crippen LogP contribution >= 0.6 is 15.9 Å². The number of hydrogen-bond donors (Lipinski definition) is 2. The zero-order valence-electron chi connectivity index (χ0n) is 10.0. The minimum Gasteiger partial charge on any atom is -0.480 e. The Hall–Kier alpha value is -1.40. The van der Waals surface area contributed by atoms with Gasteiger partial charge in [0.25, 0.3) is 0 Å². The predicted molar refractivity (Wildman–Crippen MR) is 72.5 cm³/mol. The molecule has 0 unspecified atom stereocenters. The van der Waals surface area contributed by atoms with E-state index in [4.69, 9.17) is 5.11 Å². The molecule has 1 rings (SSSR count). The normalized spacial score (nSPS) is 10.4. The van der Waals surface area contributed by atoms with Gasteiger partial charge in [-0.25, -0.2) is 0 Å². The van der Waals surface area contributed by atoms with E-state index >= 15 is 0 Å². The molecule has 1 amide bonds. The van der Waals surface area contributed by atoms with Gasteiger partial charge < -0.3 is 10.4 Å². The molecule has 0 radical (unpaired) electrons. The number of carbonyl (C=O) groups is 2. The second-order valence-electron chi connectivity index (χ2n) is 3.73. The molecule has 0 saturated heterocycles. The third-order valence-corrected chi connectivity index (χ3v) is 3.01. The number of carbonyl (C=O) groups excluding carboxylic acids is 1. The van der Waals surface area contributed by atoms with Crippen LogP contribution in [0, 0.1) is 0 Å². The van der Waals surface area contributed by atoms with Crippen LogP contribution in [-0.4, -0.2) is 41.5 Å². The highest BCUT2D eigenvalue weighted by atomic mass is 79.9. The quantitative estimate of drug-likeness (QED) is 0.840. The van der Waals surface area contributed by atoms with Gasteiger partial charge in [-0.2, -0.15) is 0 Å². The highest BCUT2D eigenvalue weighted by molar-refractivity contribution is 9.10. The van der Waals surface area contributed by atoms with Crippen molar-refractivity contribution in [3.05, 3.63) is 28.7 Å². The Balaban J connectivity index is 2.55. The van der Waals surface area contributed by atoms with Crippen molar-refractivity contribution in [2.45, 2.75) is 6.92 Å². The number of hydrogen-bond acceptors (Lipinski definition) is 3. The average molecular weight is 315 g/mol. The van der Waals surface area contributed by atoms with E-state index in [1.807, 2.05) is 25.1 Å². The number of likely N-dealkylation sites (N-methyl/N-ethyl adjacent to an activating group) is 1. The number of halogens is 1. The number of benzene rings is 1. The van der Waals surface area contributed by atoms with Crippen molar-refractivity contribution >= 4 is 33.5 Å². The van der Waals surface area contributed by atoms with Crippen LogP contribution in [0.2, 0.25) is 0 Å². The second-order valence-corrected chi connectivity index (χ2v) is 4.58. The van der Waals surface area contributed by atoms with Crippen LogP contribution in [0.3, 0.4) is 0 Å². The van der Waals surface area contributed by atoms with E-state index in [-0.39, 0.29) is 19.0 Å². The highest BCUT2D eigenvalue weighted by Crippen LogP contribution is 2.20. The number of aliphatic carboxylic acids is 1. The van der Waals surface area contributed by atoms with E-state index in [9.17, 15) is 9.59 Å². The van der Waals surface area contributed by atoms with Crippen molar-refractivity contribution < 1.29 is 14.7 Å². The van der Waals surface area contributed by atoms with Crippen LogP contribution < -0.4 is 5.32 Å². The highest BCUT2D eigenvalue weighted by Gasteiger charge is 2.12. The Labute approximate surface area is 114 Å². The monoisotopic (exact) mass is 314 g/mol. The van der Waals surface area contributed by atoms with Gasteiger partial charge in [0.05, 0.1) is 18.8 Å². The number of carboxylic acid groups (broad SMARTS) is 1. The Kier molecular flexibility index (Phi) is 5.80. The summed E-state index contributed by atoms with van der Waals surface area (Å²) in [6.07, 6.45) is 0. The molecule has 0 aliphatic rings. The first-order chi connectivity index (χ1) is 8.52. The van der Waals surface area contributed by atoms with Gasteiger partial charge in [-0.1, -0.05) is 19.1 Å². The summed E-state index contributed by atoms with van der Waals surface area (Å²) in [5, 5.41) is 11.4. The summed E-state index contributed by atoms with van der Waals surface area (Å²) in [6.45, 7) is 2.24. The molecule has 6 heteroatoms. The summed E-state index contributed by atoms with van der Waals surface area (Å²) >= 11 is 3.33. The Bertz CT molecular complexity index is 437. The van der Waals surface area contributed by atoms with Crippen molar-refractivity contribution in [1.82, 2.24) is 4.90 Å². The molecule has 5 nitrogen and oxygen atoms in total. The van der Waals surface area contributed by atoms with Gasteiger partial charge in [0.2, 0.25) is 5.91 Å². The molecule has 1 aromatic rings. The first kappa shape index (κ1) is 14.7. The van der Waals surface area contributed by atoms with Gasteiger partial charge in [-0.15, -0.1) is 0 Å². The number of rotatable bonds is 6. The standard InChI is InChI=1S/C12H15BrN2O3/c1-2-15(8-12(17)18)7-11(16)14-10-6-4-3-5-9(10)13/h3-6H,2,7-8H2,1H3,(H,14,16)(H,17,18). The Morgan fingerprint density at radius 2 is 2.00 bits per heavy atom. The van der Waals surface area contributed by atoms with Gasteiger partial charge in [-0.3, -0.25) is 14.5 Å². The van der Waals surface area contributed by atoms with Crippen LogP contribution in [-0.2, 0) is 9.59 Å².